The first-order valence-corrected chi connectivity index (χ1v) is 13.4. The monoisotopic (exact) mass is 608 g/mol. The van der Waals surface area contributed by atoms with Crippen molar-refractivity contribution in [3.63, 3.8) is 0 Å². The summed E-state index contributed by atoms with van der Waals surface area (Å²) >= 11 is 2.29. The number of carbonyl (C=O) groups excluding carboxylic acids is 2. The van der Waals surface area contributed by atoms with Gasteiger partial charge in [0.05, 0.1) is 17.2 Å². The third-order valence-electron chi connectivity index (χ3n) is 5.72. The molecule has 1 saturated heterocycles. The Balaban J connectivity index is 1.80. The van der Waals surface area contributed by atoms with E-state index >= 15 is 0 Å². The van der Waals surface area contributed by atoms with Gasteiger partial charge in [-0.25, -0.2) is 9.59 Å². The molecule has 0 amide bonds. The van der Waals surface area contributed by atoms with Crippen LogP contribution in [-0.4, -0.2) is 59.8 Å². The Hall–Kier alpha value is -2.27. The first kappa shape index (κ1) is 28.3. The molecule has 0 radical (unpaired) electrons. The summed E-state index contributed by atoms with van der Waals surface area (Å²) in [5.74, 6) is -1.72. The van der Waals surface area contributed by atoms with E-state index in [9.17, 15) is 9.59 Å². The molecule has 1 fully saturated rings. The maximum absolute atomic E-state index is 12.9. The summed E-state index contributed by atoms with van der Waals surface area (Å²) < 4.78 is 30.3. The Morgan fingerprint density at radius 3 is 2.03 bits per heavy atom. The molecule has 3 rings (SSSR count). The molecule has 1 unspecified atom stereocenters. The van der Waals surface area contributed by atoms with Crippen LogP contribution >= 0.6 is 22.6 Å². The summed E-state index contributed by atoms with van der Waals surface area (Å²) in [6, 6.07) is 17.6. The van der Waals surface area contributed by atoms with Crippen molar-refractivity contribution < 1.29 is 33.3 Å². The van der Waals surface area contributed by atoms with Crippen molar-refractivity contribution in [2.24, 2.45) is 0 Å². The zero-order valence-electron chi connectivity index (χ0n) is 21.0. The minimum Gasteiger partial charge on any atom is -0.456 e. The molecule has 2 aromatic carbocycles. The molecule has 1 aliphatic rings. The maximum atomic E-state index is 12.9. The second-order valence-electron chi connectivity index (χ2n) is 8.91. The van der Waals surface area contributed by atoms with E-state index < -0.39 is 42.1 Å². The molecule has 0 aromatic heterocycles. The van der Waals surface area contributed by atoms with E-state index in [4.69, 9.17) is 23.7 Å². The number of alkyl halides is 1. The van der Waals surface area contributed by atoms with E-state index in [-0.39, 0.29) is 6.10 Å². The molecule has 2 aromatic rings. The molecule has 5 atom stereocenters. The summed E-state index contributed by atoms with van der Waals surface area (Å²) in [6.07, 6.45) is 1.52. The van der Waals surface area contributed by atoms with Gasteiger partial charge in [0, 0.05) is 11.5 Å². The first-order valence-electron chi connectivity index (χ1n) is 11.9. The van der Waals surface area contributed by atoms with Gasteiger partial charge in [-0.15, -0.1) is 0 Å². The van der Waals surface area contributed by atoms with Crippen LogP contribution in [0.3, 0.4) is 0 Å². The number of esters is 2. The number of hydrogen-bond acceptors (Lipinski definition) is 7. The minimum absolute atomic E-state index is 0.260. The summed E-state index contributed by atoms with van der Waals surface area (Å²) in [4.78, 5) is 25.4. The van der Waals surface area contributed by atoms with E-state index in [2.05, 4.69) is 22.6 Å². The van der Waals surface area contributed by atoms with Gasteiger partial charge in [-0.3, -0.25) is 0 Å². The zero-order valence-corrected chi connectivity index (χ0v) is 23.1. The van der Waals surface area contributed by atoms with Crippen LogP contribution in [0.5, 0.6) is 0 Å². The Kier molecular flexibility index (Phi) is 10.5. The van der Waals surface area contributed by atoms with Crippen molar-refractivity contribution in [3.8, 4) is 0 Å². The van der Waals surface area contributed by atoms with E-state index in [1.165, 1.54) is 7.11 Å². The Morgan fingerprint density at radius 1 is 0.944 bits per heavy atom. The molecular formula is C28H33IO7. The van der Waals surface area contributed by atoms with Crippen molar-refractivity contribution >= 4 is 34.5 Å². The van der Waals surface area contributed by atoms with Gasteiger partial charge in [0.25, 0.3) is 0 Å². The van der Waals surface area contributed by atoms with E-state index in [0.29, 0.717) is 11.1 Å². The molecule has 0 spiro atoms. The first-order chi connectivity index (χ1) is 17.2. The number of benzene rings is 2. The Morgan fingerprint density at radius 2 is 1.50 bits per heavy atom. The number of rotatable bonds is 11. The molecule has 0 N–H and O–H groups in total. The molecule has 194 valence electrons. The molecule has 0 aliphatic carbocycles. The number of hydrogen-bond donors (Lipinski definition) is 0. The predicted octanol–water partition coefficient (Wildman–Crippen LogP) is 5.37. The van der Waals surface area contributed by atoms with Crippen molar-refractivity contribution in [3.05, 3.63) is 83.9 Å². The second-order valence-corrected chi connectivity index (χ2v) is 9.99. The largest absolute Gasteiger partial charge is 0.456 e. The van der Waals surface area contributed by atoms with Crippen LogP contribution in [0, 0.1) is 0 Å². The maximum Gasteiger partial charge on any atom is 0.338 e. The molecular weight excluding hydrogens is 575 g/mol. The summed E-state index contributed by atoms with van der Waals surface area (Å²) in [5, 5.41) is 0. The lowest BCUT2D eigenvalue weighted by atomic mass is 10.0. The second kappa shape index (κ2) is 13.3. The van der Waals surface area contributed by atoms with Crippen LogP contribution < -0.4 is 0 Å². The predicted molar refractivity (Wildman–Crippen MR) is 144 cm³/mol. The number of halogens is 1. The van der Waals surface area contributed by atoms with Crippen molar-refractivity contribution in [2.75, 3.05) is 11.5 Å². The molecule has 1 aliphatic heterocycles. The van der Waals surface area contributed by atoms with Crippen LogP contribution in [-0.2, 0) is 23.7 Å². The third-order valence-corrected chi connectivity index (χ3v) is 6.34. The lowest BCUT2D eigenvalue weighted by Crippen LogP contribution is -2.38. The lowest BCUT2D eigenvalue weighted by Gasteiger charge is -2.25. The molecule has 36 heavy (non-hydrogen) atoms. The number of methoxy groups -OCH3 is 1. The number of carbonyl (C=O) groups is 2. The van der Waals surface area contributed by atoms with Crippen LogP contribution in [0.2, 0.25) is 0 Å². The molecule has 0 bridgehead atoms. The van der Waals surface area contributed by atoms with Gasteiger partial charge in [-0.05, 0) is 57.5 Å². The normalized spacial score (nSPS) is 21.6. The van der Waals surface area contributed by atoms with Gasteiger partial charge in [0.1, 0.15) is 24.4 Å². The topological polar surface area (TPSA) is 80.3 Å². The fourth-order valence-electron chi connectivity index (χ4n) is 3.98. The molecule has 7 nitrogen and oxygen atoms in total. The molecule has 8 heteroatoms. The molecule has 0 saturated carbocycles. The smallest absolute Gasteiger partial charge is 0.338 e. The van der Waals surface area contributed by atoms with Gasteiger partial charge in [0.2, 0.25) is 0 Å². The fraction of sp³-hybridized carbons (Fsp3) is 0.429. The lowest BCUT2D eigenvalue weighted by molar-refractivity contribution is -0.153. The van der Waals surface area contributed by atoms with E-state index in [0.717, 1.165) is 10.8 Å². The highest BCUT2D eigenvalue weighted by molar-refractivity contribution is 14.1. The standard InChI is InChI=1S/C28H33IO7/c1-19(33-26(30)20-11-7-5-8-12-20)22(32-4)15-16-23(34-27(31)21-13-9-6-10-14-21)25-24(17-18-29)35-28(2,3)36-25/h5-16,19,22-25H,17-18H2,1-4H3/b16-15-/t19-,22+,23?,24-,25+/m0/s1. The van der Waals surface area contributed by atoms with Gasteiger partial charge in [-0.1, -0.05) is 65.1 Å². The number of ether oxygens (including phenoxy) is 5. The Labute approximate surface area is 226 Å². The Bertz CT molecular complexity index is 1010. The SMILES string of the molecule is CO[C@H](/C=C\C(OC(=O)c1ccccc1)[C@H]1OC(C)(C)O[C@H]1CCI)[C@H](C)OC(=O)c1ccccc1. The average Bonchev–Trinajstić information content (AvgIpc) is 3.18. The van der Waals surface area contributed by atoms with Gasteiger partial charge >= 0.3 is 11.9 Å². The van der Waals surface area contributed by atoms with Gasteiger partial charge < -0.3 is 23.7 Å². The zero-order chi connectivity index (χ0) is 26.1. The summed E-state index contributed by atoms with van der Waals surface area (Å²) in [7, 11) is 1.53. The highest BCUT2D eigenvalue weighted by atomic mass is 127. The van der Waals surface area contributed by atoms with E-state index in [1.807, 2.05) is 26.0 Å². The van der Waals surface area contributed by atoms with Crippen molar-refractivity contribution in [1.82, 2.24) is 0 Å². The van der Waals surface area contributed by atoms with Crippen LogP contribution in [0.15, 0.2) is 72.8 Å². The fourth-order valence-corrected chi connectivity index (χ4v) is 4.59. The van der Waals surface area contributed by atoms with Crippen LogP contribution in [0.4, 0.5) is 0 Å². The van der Waals surface area contributed by atoms with E-state index in [1.54, 1.807) is 67.6 Å². The molecule has 1 heterocycles. The third kappa shape index (κ3) is 7.86. The van der Waals surface area contributed by atoms with Crippen molar-refractivity contribution in [1.29, 1.82) is 0 Å². The van der Waals surface area contributed by atoms with Crippen molar-refractivity contribution in [2.45, 2.75) is 63.5 Å². The highest BCUT2D eigenvalue weighted by Crippen LogP contribution is 2.34. The summed E-state index contributed by atoms with van der Waals surface area (Å²) in [6.45, 7) is 5.44. The average molecular weight is 608 g/mol. The quantitative estimate of drug-likeness (QED) is 0.147. The highest BCUT2D eigenvalue weighted by Gasteiger charge is 2.45. The minimum atomic E-state index is -0.814. The van der Waals surface area contributed by atoms with Gasteiger partial charge in [0.15, 0.2) is 5.79 Å². The summed E-state index contributed by atoms with van der Waals surface area (Å²) in [5.41, 5.74) is 0.895. The van der Waals surface area contributed by atoms with Gasteiger partial charge in [-0.2, -0.15) is 0 Å². The van der Waals surface area contributed by atoms with Crippen LogP contribution in [0.1, 0.15) is 47.9 Å². The van der Waals surface area contributed by atoms with Crippen LogP contribution in [0.25, 0.3) is 0 Å².